The molecule has 7 heteroatoms. The number of aryl methyl sites for hydroxylation is 2. The minimum absolute atomic E-state index is 0.0211. The van der Waals surface area contributed by atoms with E-state index in [0.717, 1.165) is 12.0 Å². The highest BCUT2D eigenvalue weighted by Gasteiger charge is 2.32. The van der Waals surface area contributed by atoms with E-state index < -0.39 is 0 Å². The summed E-state index contributed by atoms with van der Waals surface area (Å²) in [6, 6.07) is 3.56. The van der Waals surface area contributed by atoms with Crippen molar-refractivity contribution in [2.24, 2.45) is 0 Å². The summed E-state index contributed by atoms with van der Waals surface area (Å²) in [5.74, 6) is 2.46. The van der Waals surface area contributed by atoms with Gasteiger partial charge in [-0.05, 0) is 38.0 Å². The van der Waals surface area contributed by atoms with Crippen molar-refractivity contribution in [3.8, 4) is 11.5 Å². The third-order valence-corrected chi connectivity index (χ3v) is 4.33. The van der Waals surface area contributed by atoms with Gasteiger partial charge in [0.05, 0.1) is 20.1 Å². The van der Waals surface area contributed by atoms with Gasteiger partial charge in [-0.2, -0.15) is 4.98 Å². The lowest BCUT2D eigenvalue weighted by Crippen LogP contribution is -2.29. The zero-order valence-electron chi connectivity index (χ0n) is 14.3. The molecule has 0 saturated carbocycles. The molecule has 1 aromatic heterocycles. The van der Waals surface area contributed by atoms with Gasteiger partial charge < -0.3 is 18.9 Å². The van der Waals surface area contributed by atoms with Gasteiger partial charge in [0.15, 0.2) is 17.3 Å². The van der Waals surface area contributed by atoms with Crippen molar-refractivity contribution in [1.82, 2.24) is 15.0 Å². The number of rotatable bonds is 4. The fraction of sp³-hybridized carbons (Fsp3) is 0.471. The Balaban J connectivity index is 1.80. The molecule has 128 valence electrons. The van der Waals surface area contributed by atoms with E-state index in [-0.39, 0.29) is 11.8 Å². The van der Waals surface area contributed by atoms with Gasteiger partial charge in [0.2, 0.25) is 5.89 Å². The average molecular weight is 331 g/mol. The van der Waals surface area contributed by atoms with Crippen molar-refractivity contribution in [3.05, 3.63) is 35.0 Å². The molecule has 1 atom stereocenters. The van der Waals surface area contributed by atoms with Gasteiger partial charge in [-0.15, -0.1) is 0 Å². The van der Waals surface area contributed by atoms with Crippen molar-refractivity contribution in [3.63, 3.8) is 0 Å². The summed E-state index contributed by atoms with van der Waals surface area (Å²) in [6.07, 6.45) is 0.819. The summed E-state index contributed by atoms with van der Waals surface area (Å²) >= 11 is 0. The normalized spacial score (nSPS) is 17.2. The first-order valence-corrected chi connectivity index (χ1v) is 7.85. The van der Waals surface area contributed by atoms with Crippen LogP contribution in [0.1, 0.15) is 40.0 Å². The van der Waals surface area contributed by atoms with E-state index in [1.165, 1.54) is 0 Å². The number of amides is 1. The van der Waals surface area contributed by atoms with E-state index >= 15 is 0 Å². The molecular weight excluding hydrogens is 310 g/mol. The van der Waals surface area contributed by atoms with E-state index in [1.807, 2.05) is 17.9 Å². The van der Waals surface area contributed by atoms with Crippen molar-refractivity contribution in [1.29, 1.82) is 0 Å². The summed E-state index contributed by atoms with van der Waals surface area (Å²) in [5.41, 5.74) is 1.48. The van der Waals surface area contributed by atoms with E-state index in [1.54, 1.807) is 27.2 Å². The van der Waals surface area contributed by atoms with E-state index in [2.05, 4.69) is 10.1 Å². The SMILES string of the molecule is COc1cc(C)c(C(=O)N2CC[C@@H](c3nc(C)no3)C2)cc1OC. The summed E-state index contributed by atoms with van der Waals surface area (Å²) in [4.78, 5) is 19.0. The smallest absolute Gasteiger partial charge is 0.254 e. The van der Waals surface area contributed by atoms with Gasteiger partial charge in [0.25, 0.3) is 5.91 Å². The molecule has 1 fully saturated rings. The summed E-state index contributed by atoms with van der Waals surface area (Å²) < 4.78 is 15.8. The van der Waals surface area contributed by atoms with Gasteiger partial charge in [0, 0.05) is 18.7 Å². The minimum Gasteiger partial charge on any atom is -0.493 e. The molecule has 0 radical (unpaired) electrons. The van der Waals surface area contributed by atoms with Crippen molar-refractivity contribution in [2.45, 2.75) is 26.2 Å². The number of likely N-dealkylation sites (tertiary alicyclic amines) is 1. The first-order chi connectivity index (χ1) is 11.5. The molecule has 2 heterocycles. The number of hydrogen-bond acceptors (Lipinski definition) is 6. The number of aromatic nitrogens is 2. The molecule has 2 aromatic rings. The number of benzene rings is 1. The van der Waals surface area contributed by atoms with Crippen LogP contribution < -0.4 is 9.47 Å². The molecule has 0 aliphatic carbocycles. The number of carbonyl (C=O) groups excluding carboxylic acids is 1. The Morgan fingerprint density at radius 1 is 1.25 bits per heavy atom. The molecule has 0 bridgehead atoms. The maximum absolute atomic E-state index is 12.9. The number of ether oxygens (including phenoxy) is 2. The van der Waals surface area contributed by atoms with Crippen molar-refractivity contribution >= 4 is 5.91 Å². The molecule has 7 nitrogen and oxygen atoms in total. The van der Waals surface area contributed by atoms with Gasteiger partial charge in [-0.3, -0.25) is 4.79 Å². The molecule has 1 aliphatic heterocycles. The Labute approximate surface area is 140 Å². The average Bonchev–Trinajstić information content (AvgIpc) is 3.22. The molecule has 1 saturated heterocycles. The van der Waals surface area contributed by atoms with Crippen LogP contribution in [0, 0.1) is 13.8 Å². The van der Waals surface area contributed by atoms with Gasteiger partial charge in [-0.25, -0.2) is 0 Å². The second kappa shape index (κ2) is 6.51. The van der Waals surface area contributed by atoms with Crippen LogP contribution in [0.2, 0.25) is 0 Å². The predicted molar refractivity (Wildman–Crippen MR) is 86.6 cm³/mol. The van der Waals surface area contributed by atoms with Crippen LogP contribution in [0.15, 0.2) is 16.7 Å². The Bertz CT molecular complexity index is 756. The minimum atomic E-state index is -0.0211. The fourth-order valence-electron chi connectivity index (χ4n) is 3.01. The van der Waals surface area contributed by atoms with Crippen LogP contribution in [-0.4, -0.2) is 48.3 Å². The monoisotopic (exact) mass is 331 g/mol. The molecule has 24 heavy (non-hydrogen) atoms. The number of hydrogen-bond donors (Lipinski definition) is 0. The van der Waals surface area contributed by atoms with E-state index in [9.17, 15) is 4.79 Å². The first-order valence-electron chi connectivity index (χ1n) is 7.85. The predicted octanol–water partition coefficient (Wildman–Crippen LogP) is 2.33. The lowest BCUT2D eigenvalue weighted by atomic mass is 10.1. The summed E-state index contributed by atoms with van der Waals surface area (Å²) in [5, 5.41) is 3.83. The molecule has 0 N–H and O–H groups in total. The third kappa shape index (κ3) is 2.93. The highest BCUT2D eigenvalue weighted by Crippen LogP contribution is 2.32. The molecule has 0 spiro atoms. The quantitative estimate of drug-likeness (QED) is 0.856. The van der Waals surface area contributed by atoms with Gasteiger partial charge >= 0.3 is 0 Å². The highest BCUT2D eigenvalue weighted by atomic mass is 16.5. The van der Waals surface area contributed by atoms with Crippen molar-refractivity contribution in [2.75, 3.05) is 27.3 Å². The van der Waals surface area contributed by atoms with Crippen molar-refractivity contribution < 1.29 is 18.8 Å². The molecule has 1 aromatic carbocycles. The van der Waals surface area contributed by atoms with Crippen LogP contribution >= 0.6 is 0 Å². The van der Waals surface area contributed by atoms with Crippen LogP contribution in [0.25, 0.3) is 0 Å². The molecular formula is C17H21N3O4. The summed E-state index contributed by atoms with van der Waals surface area (Å²) in [6.45, 7) is 4.93. The largest absolute Gasteiger partial charge is 0.493 e. The van der Waals surface area contributed by atoms with Gasteiger partial charge in [0.1, 0.15) is 0 Å². The van der Waals surface area contributed by atoms with Crippen LogP contribution in [0.5, 0.6) is 11.5 Å². The second-order valence-electron chi connectivity index (χ2n) is 5.94. The Morgan fingerprint density at radius 2 is 1.96 bits per heavy atom. The number of nitrogens with zero attached hydrogens (tertiary/aromatic N) is 3. The second-order valence-corrected chi connectivity index (χ2v) is 5.94. The van der Waals surface area contributed by atoms with Crippen LogP contribution in [0.3, 0.4) is 0 Å². The topological polar surface area (TPSA) is 77.7 Å². The third-order valence-electron chi connectivity index (χ3n) is 4.33. The lowest BCUT2D eigenvalue weighted by molar-refractivity contribution is 0.0788. The molecule has 0 unspecified atom stereocenters. The maximum atomic E-state index is 12.9. The first kappa shape index (κ1) is 16.3. The number of methoxy groups -OCH3 is 2. The van der Waals surface area contributed by atoms with Gasteiger partial charge in [-0.1, -0.05) is 5.16 Å². The number of carbonyl (C=O) groups is 1. The Kier molecular flexibility index (Phi) is 4.42. The standard InChI is InChI=1S/C17H21N3O4/c1-10-7-14(22-3)15(23-4)8-13(10)17(21)20-6-5-12(9-20)16-18-11(2)19-24-16/h7-8,12H,5-6,9H2,1-4H3/t12-/m1/s1. The van der Waals surface area contributed by atoms with Crippen LogP contribution in [-0.2, 0) is 0 Å². The van der Waals surface area contributed by atoms with E-state index in [4.69, 9.17) is 14.0 Å². The van der Waals surface area contributed by atoms with E-state index in [0.29, 0.717) is 41.9 Å². The molecule has 1 amide bonds. The molecule has 1 aliphatic rings. The molecule has 3 rings (SSSR count). The fourth-order valence-corrected chi connectivity index (χ4v) is 3.01. The highest BCUT2D eigenvalue weighted by molar-refractivity contribution is 5.96. The van der Waals surface area contributed by atoms with Crippen LogP contribution in [0.4, 0.5) is 0 Å². The Morgan fingerprint density at radius 3 is 2.58 bits per heavy atom. The lowest BCUT2D eigenvalue weighted by Gasteiger charge is -2.19. The Hall–Kier alpha value is -2.57. The zero-order valence-corrected chi connectivity index (χ0v) is 14.3. The summed E-state index contributed by atoms with van der Waals surface area (Å²) in [7, 11) is 3.14. The maximum Gasteiger partial charge on any atom is 0.254 e. The zero-order chi connectivity index (χ0) is 17.3.